The number of hydrogen-bond acceptors (Lipinski definition) is 2. The summed E-state index contributed by atoms with van der Waals surface area (Å²) in [5.41, 5.74) is 1.45. The van der Waals surface area contributed by atoms with E-state index in [0.29, 0.717) is 6.04 Å². The molecule has 0 radical (unpaired) electrons. The van der Waals surface area contributed by atoms with Crippen LogP contribution in [0.5, 0.6) is 0 Å². The predicted octanol–water partition coefficient (Wildman–Crippen LogP) is 2.03. The largest absolute Gasteiger partial charge is 0.314 e. The second-order valence-electron chi connectivity index (χ2n) is 6.47. The zero-order valence-corrected chi connectivity index (χ0v) is 13.2. The number of nitrogens with one attached hydrogen (secondary N) is 1. The molecule has 0 bridgehead atoms. The molecule has 0 spiro atoms. The van der Waals surface area contributed by atoms with Gasteiger partial charge in [0.1, 0.15) is 0 Å². The molecule has 1 aliphatic heterocycles. The molecule has 3 heteroatoms. The van der Waals surface area contributed by atoms with E-state index in [9.17, 15) is 0 Å². The smallest absolute Gasteiger partial charge is 0.0775 e. The number of nitrogens with zero attached hydrogens (tertiary/aromatic N) is 1. The molecule has 2 nitrogen and oxygen atoms in total. The maximum Gasteiger partial charge on any atom is 0.0775 e. The molecule has 2 rings (SSSR count). The van der Waals surface area contributed by atoms with Crippen molar-refractivity contribution in [1.82, 2.24) is 10.2 Å². The van der Waals surface area contributed by atoms with Crippen molar-refractivity contribution in [2.45, 2.75) is 39.2 Å². The molecule has 1 N–H and O–H groups in total. The number of benzene rings is 1. The maximum atomic E-state index is 3.44. The highest BCUT2D eigenvalue weighted by molar-refractivity contribution is 6.88. The first kappa shape index (κ1) is 13.8. The molecular weight excluding hydrogens is 236 g/mol. The van der Waals surface area contributed by atoms with E-state index < -0.39 is 8.07 Å². The van der Waals surface area contributed by atoms with Crippen LogP contribution in [0.15, 0.2) is 24.3 Å². The number of rotatable bonds is 3. The Morgan fingerprint density at radius 3 is 2.44 bits per heavy atom. The lowest BCUT2D eigenvalue weighted by molar-refractivity contribution is 0.165. The normalized spacial score (nSPS) is 22.1. The fraction of sp³-hybridized carbons (Fsp3) is 0.600. The van der Waals surface area contributed by atoms with E-state index in [1.54, 1.807) is 5.19 Å². The number of piperazine rings is 1. The highest BCUT2D eigenvalue weighted by atomic mass is 28.3. The summed E-state index contributed by atoms with van der Waals surface area (Å²) in [5, 5.41) is 5.00. The van der Waals surface area contributed by atoms with Crippen LogP contribution in [0, 0.1) is 0 Å². The van der Waals surface area contributed by atoms with Gasteiger partial charge in [0, 0.05) is 32.2 Å². The van der Waals surface area contributed by atoms with Crippen molar-refractivity contribution in [3.8, 4) is 0 Å². The molecule has 0 unspecified atom stereocenters. The lowest BCUT2D eigenvalue weighted by Gasteiger charge is -2.34. The van der Waals surface area contributed by atoms with Crippen LogP contribution in [-0.2, 0) is 6.54 Å². The van der Waals surface area contributed by atoms with E-state index in [0.717, 1.165) is 26.2 Å². The van der Waals surface area contributed by atoms with Crippen molar-refractivity contribution in [2.24, 2.45) is 0 Å². The first-order valence-corrected chi connectivity index (χ1v) is 10.5. The van der Waals surface area contributed by atoms with Crippen molar-refractivity contribution in [3.05, 3.63) is 29.8 Å². The van der Waals surface area contributed by atoms with Crippen LogP contribution in [0.3, 0.4) is 0 Å². The summed E-state index contributed by atoms with van der Waals surface area (Å²) in [6, 6.07) is 9.98. The summed E-state index contributed by atoms with van der Waals surface area (Å²) in [4.78, 5) is 2.57. The van der Waals surface area contributed by atoms with E-state index in [-0.39, 0.29) is 0 Å². The van der Waals surface area contributed by atoms with Crippen LogP contribution in [0.25, 0.3) is 0 Å². The lowest BCUT2D eigenvalue weighted by atomic mass is 10.1. The average Bonchev–Trinajstić information content (AvgIpc) is 2.32. The van der Waals surface area contributed by atoms with Gasteiger partial charge in [-0.2, -0.15) is 0 Å². The number of hydrogen-bond donors (Lipinski definition) is 1. The minimum Gasteiger partial charge on any atom is -0.314 e. The van der Waals surface area contributed by atoms with Crippen LogP contribution in [-0.4, -0.2) is 38.6 Å². The Hall–Kier alpha value is -0.643. The van der Waals surface area contributed by atoms with Crippen molar-refractivity contribution in [3.63, 3.8) is 0 Å². The molecule has 18 heavy (non-hydrogen) atoms. The van der Waals surface area contributed by atoms with Gasteiger partial charge in [-0.25, -0.2) is 0 Å². The van der Waals surface area contributed by atoms with Gasteiger partial charge in [0.15, 0.2) is 0 Å². The molecule has 100 valence electrons. The predicted molar refractivity (Wildman–Crippen MR) is 82.2 cm³/mol. The van der Waals surface area contributed by atoms with Crippen molar-refractivity contribution in [1.29, 1.82) is 0 Å². The van der Waals surface area contributed by atoms with Crippen LogP contribution in [0.1, 0.15) is 12.5 Å². The second kappa shape index (κ2) is 5.55. The third-order valence-electron chi connectivity index (χ3n) is 3.84. The van der Waals surface area contributed by atoms with E-state index >= 15 is 0 Å². The van der Waals surface area contributed by atoms with Gasteiger partial charge >= 0.3 is 0 Å². The van der Waals surface area contributed by atoms with Gasteiger partial charge in [-0.1, -0.05) is 49.1 Å². The Balaban J connectivity index is 2.02. The first-order valence-electron chi connectivity index (χ1n) is 7.01. The summed E-state index contributed by atoms with van der Waals surface area (Å²) in [6.45, 7) is 14.0. The van der Waals surface area contributed by atoms with Gasteiger partial charge in [-0.15, -0.1) is 0 Å². The zero-order valence-electron chi connectivity index (χ0n) is 12.2. The fourth-order valence-electron chi connectivity index (χ4n) is 2.46. The summed E-state index contributed by atoms with van der Waals surface area (Å²) >= 11 is 0. The highest BCUT2D eigenvalue weighted by Crippen LogP contribution is 2.10. The topological polar surface area (TPSA) is 15.3 Å². The molecule has 1 atom stereocenters. The van der Waals surface area contributed by atoms with E-state index in [1.807, 2.05) is 0 Å². The molecule has 1 aliphatic rings. The van der Waals surface area contributed by atoms with Crippen molar-refractivity contribution in [2.75, 3.05) is 19.6 Å². The van der Waals surface area contributed by atoms with Gasteiger partial charge in [-0.3, -0.25) is 4.90 Å². The SMILES string of the molecule is C[C@@H]1CNCCN1Cc1ccc([Si](C)(C)C)cc1. The third-order valence-corrected chi connectivity index (χ3v) is 5.91. The van der Waals surface area contributed by atoms with Gasteiger partial charge in [-0.05, 0) is 12.5 Å². The molecule has 1 aromatic rings. The third kappa shape index (κ3) is 3.43. The summed E-state index contributed by atoms with van der Waals surface area (Å²) in [5.74, 6) is 0. The van der Waals surface area contributed by atoms with Crippen molar-refractivity contribution < 1.29 is 0 Å². The van der Waals surface area contributed by atoms with Crippen LogP contribution in [0.2, 0.25) is 19.6 Å². The van der Waals surface area contributed by atoms with Crippen LogP contribution >= 0.6 is 0 Å². The molecule has 0 amide bonds. The Bertz CT molecular complexity index is 380. The minimum atomic E-state index is -1.15. The lowest BCUT2D eigenvalue weighted by Crippen LogP contribution is -2.49. The van der Waals surface area contributed by atoms with Crippen LogP contribution in [0.4, 0.5) is 0 Å². The maximum absolute atomic E-state index is 3.44. The minimum absolute atomic E-state index is 0.649. The molecule has 1 saturated heterocycles. The average molecular weight is 262 g/mol. The van der Waals surface area contributed by atoms with Gasteiger partial charge in [0.05, 0.1) is 8.07 Å². The Kier molecular flexibility index (Phi) is 4.25. The second-order valence-corrected chi connectivity index (χ2v) is 11.5. The molecule has 0 saturated carbocycles. The molecule has 0 aliphatic carbocycles. The summed E-state index contributed by atoms with van der Waals surface area (Å²) in [7, 11) is -1.15. The Labute approximate surface area is 112 Å². The van der Waals surface area contributed by atoms with Crippen LogP contribution < -0.4 is 10.5 Å². The van der Waals surface area contributed by atoms with E-state index in [4.69, 9.17) is 0 Å². The Morgan fingerprint density at radius 2 is 1.89 bits per heavy atom. The Morgan fingerprint density at radius 1 is 1.22 bits per heavy atom. The molecule has 1 heterocycles. The van der Waals surface area contributed by atoms with Gasteiger partial charge in [0.25, 0.3) is 0 Å². The summed E-state index contributed by atoms with van der Waals surface area (Å²) < 4.78 is 0. The molecule has 0 aromatic heterocycles. The molecular formula is C15H26N2Si. The first-order chi connectivity index (χ1) is 8.47. The zero-order chi connectivity index (χ0) is 13.2. The molecule has 1 aromatic carbocycles. The fourth-order valence-corrected chi connectivity index (χ4v) is 3.63. The van der Waals surface area contributed by atoms with Gasteiger partial charge in [0.2, 0.25) is 0 Å². The molecule has 1 fully saturated rings. The summed E-state index contributed by atoms with van der Waals surface area (Å²) in [6.07, 6.45) is 0. The standard InChI is InChI=1S/C15H26N2Si/c1-13-11-16-9-10-17(13)12-14-5-7-15(8-6-14)18(2,3)4/h5-8,13,16H,9-12H2,1-4H3/t13-/m1/s1. The quantitative estimate of drug-likeness (QED) is 0.839. The van der Waals surface area contributed by atoms with E-state index in [1.165, 1.54) is 5.56 Å². The van der Waals surface area contributed by atoms with Gasteiger partial charge < -0.3 is 5.32 Å². The monoisotopic (exact) mass is 262 g/mol. The van der Waals surface area contributed by atoms with Crippen molar-refractivity contribution >= 4 is 13.3 Å². The highest BCUT2D eigenvalue weighted by Gasteiger charge is 2.19. The van der Waals surface area contributed by atoms with E-state index in [2.05, 4.69) is 61.0 Å².